The summed E-state index contributed by atoms with van der Waals surface area (Å²) in [6, 6.07) is 16.4. The summed E-state index contributed by atoms with van der Waals surface area (Å²) in [4.78, 5) is 22.5. The van der Waals surface area contributed by atoms with Crippen molar-refractivity contribution in [2.45, 2.75) is 6.54 Å². The van der Waals surface area contributed by atoms with E-state index in [9.17, 15) is 4.79 Å². The topological polar surface area (TPSA) is 58.1 Å². The van der Waals surface area contributed by atoms with Crippen molar-refractivity contribution in [1.82, 2.24) is 14.9 Å². The van der Waals surface area contributed by atoms with E-state index in [4.69, 9.17) is 23.2 Å². The SMILES string of the molecule is CN(Cc1ccccc1)C(=O)c1cc(Nc2cc(Cl)ccc2Cl)ncn1. The fourth-order valence-electron chi connectivity index (χ4n) is 2.40. The lowest BCUT2D eigenvalue weighted by Gasteiger charge is -2.17. The number of anilines is 2. The summed E-state index contributed by atoms with van der Waals surface area (Å²) in [5, 5.41) is 4.11. The Morgan fingerprint density at radius 3 is 2.62 bits per heavy atom. The molecule has 132 valence electrons. The summed E-state index contributed by atoms with van der Waals surface area (Å²) in [5.41, 5.74) is 1.94. The van der Waals surface area contributed by atoms with Gasteiger partial charge < -0.3 is 10.2 Å². The predicted molar refractivity (Wildman–Crippen MR) is 104 cm³/mol. The van der Waals surface area contributed by atoms with E-state index in [1.807, 2.05) is 30.3 Å². The molecule has 3 rings (SSSR count). The lowest BCUT2D eigenvalue weighted by Crippen LogP contribution is -2.27. The number of aromatic nitrogens is 2. The van der Waals surface area contributed by atoms with Gasteiger partial charge in [-0.2, -0.15) is 0 Å². The van der Waals surface area contributed by atoms with E-state index in [2.05, 4.69) is 15.3 Å². The number of benzene rings is 2. The van der Waals surface area contributed by atoms with Gasteiger partial charge in [0, 0.05) is 24.7 Å². The molecule has 0 unspecified atom stereocenters. The Kier molecular flexibility index (Phi) is 5.71. The molecule has 1 heterocycles. The quantitative estimate of drug-likeness (QED) is 0.683. The van der Waals surface area contributed by atoms with E-state index >= 15 is 0 Å². The van der Waals surface area contributed by atoms with Gasteiger partial charge in [-0.1, -0.05) is 53.5 Å². The number of halogens is 2. The smallest absolute Gasteiger partial charge is 0.272 e. The Labute approximate surface area is 161 Å². The third kappa shape index (κ3) is 4.50. The van der Waals surface area contributed by atoms with Crippen LogP contribution in [-0.4, -0.2) is 27.8 Å². The van der Waals surface area contributed by atoms with E-state index in [1.165, 1.54) is 6.33 Å². The number of amides is 1. The highest BCUT2D eigenvalue weighted by atomic mass is 35.5. The Balaban J connectivity index is 1.76. The molecule has 1 N–H and O–H groups in total. The predicted octanol–water partition coefficient (Wildman–Crippen LogP) is 4.80. The molecule has 3 aromatic rings. The minimum Gasteiger partial charge on any atom is -0.339 e. The fraction of sp³-hybridized carbons (Fsp3) is 0.105. The highest BCUT2D eigenvalue weighted by molar-refractivity contribution is 6.35. The van der Waals surface area contributed by atoms with Crippen molar-refractivity contribution in [3.63, 3.8) is 0 Å². The average Bonchev–Trinajstić information content (AvgIpc) is 2.65. The second-order valence-electron chi connectivity index (χ2n) is 5.68. The number of nitrogens with zero attached hydrogens (tertiary/aromatic N) is 3. The number of carbonyl (C=O) groups excluding carboxylic acids is 1. The van der Waals surface area contributed by atoms with Gasteiger partial charge in [0.05, 0.1) is 10.7 Å². The van der Waals surface area contributed by atoms with Crippen molar-refractivity contribution in [3.05, 3.63) is 82.2 Å². The first-order chi connectivity index (χ1) is 12.5. The first-order valence-electron chi connectivity index (χ1n) is 7.86. The monoisotopic (exact) mass is 386 g/mol. The summed E-state index contributed by atoms with van der Waals surface area (Å²) < 4.78 is 0. The molecule has 0 saturated carbocycles. The van der Waals surface area contributed by atoms with Crippen molar-refractivity contribution < 1.29 is 4.79 Å². The largest absolute Gasteiger partial charge is 0.339 e. The molecule has 1 amide bonds. The molecule has 0 fully saturated rings. The molecule has 0 radical (unpaired) electrons. The molecule has 0 bridgehead atoms. The van der Waals surface area contributed by atoms with Gasteiger partial charge in [0.15, 0.2) is 0 Å². The van der Waals surface area contributed by atoms with E-state index in [0.717, 1.165) is 5.56 Å². The lowest BCUT2D eigenvalue weighted by molar-refractivity contribution is 0.0779. The van der Waals surface area contributed by atoms with E-state index in [0.29, 0.717) is 33.8 Å². The number of rotatable bonds is 5. The van der Waals surface area contributed by atoms with Crippen LogP contribution in [0.1, 0.15) is 16.1 Å². The maximum Gasteiger partial charge on any atom is 0.272 e. The third-order valence-corrected chi connectivity index (χ3v) is 4.25. The molecular formula is C19H16Cl2N4O. The Hall–Kier alpha value is -2.63. The van der Waals surface area contributed by atoms with Crippen LogP contribution in [0.25, 0.3) is 0 Å². The van der Waals surface area contributed by atoms with Crippen LogP contribution in [0.5, 0.6) is 0 Å². The maximum atomic E-state index is 12.6. The molecule has 0 atom stereocenters. The van der Waals surface area contributed by atoms with E-state index in [1.54, 1.807) is 36.2 Å². The van der Waals surface area contributed by atoms with Crippen molar-refractivity contribution in [3.8, 4) is 0 Å². The highest BCUT2D eigenvalue weighted by Crippen LogP contribution is 2.27. The summed E-state index contributed by atoms with van der Waals surface area (Å²) in [6.45, 7) is 0.493. The van der Waals surface area contributed by atoms with Crippen LogP contribution < -0.4 is 5.32 Å². The van der Waals surface area contributed by atoms with Gasteiger partial charge in [0.1, 0.15) is 17.8 Å². The van der Waals surface area contributed by atoms with Crippen LogP contribution in [0.2, 0.25) is 10.0 Å². The molecule has 1 aromatic heterocycles. The average molecular weight is 387 g/mol. The minimum absolute atomic E-state index is 0.198. The molecule has 0 saturated heterocycles. The van der Waals surface area contributed by atoms with E-state index in [-0.39, 0.29) is 5.91 Å². The van der Waals surface area contributed by atoms with Gasteiger partial charge in [-0.05, 0) is 23.8 Å². The number of nitrogens with one attached hydrogen (secondary N) is 1. The second kappa shape index (κ2) is 8.17. The van der Waals surface area contributed by atoms with Crippen LogP contribution in [0, 0.1) is 0 Å². The van der Waals surface area contributed by atoms with Crippen molar-refractivity contribution >= 4 is 40.6 Å². The zero-order valence-electron chi connectivity index (χ0n) is 14.0. The zero-order valence-corrected chi connectivity index (χ0v) is 15.5. The maximum absolute atomic E-state index is 12.6. The van der Waals surface area contributed by atoms with E-state index < -0.39 is 0 Å². The third-order valence-electron chi connectivity index (χ3n) is 3.69. The van der Waals surface area contributed by atoms with Crippen molar-refractivity contribution in [2.75, 3.05) is 12.4 Å². The van der Waals surface area contributed by atoms with Gasteiger partial charge >= 0.3 is 0 Å². The van der Waals surface area contributed by atoms with Crippen LogP contribution in [-0.2, 0) is 6.54 Å². The molecular weight excluding hydrogens is 371 g/mol. The molecule has 0 aliphatic rings. The lowest BCUT2D eigenvalue weighted by atomic mass is 10.2. The Bertz CT molecular complexity index is 918. The zero-order chi connectivity index (χ0) is 18.5. The van der Waals surface area contributed by atoms with Crippen LogP contribution >= 0.6 is 23.2 Å². The first kappa shape index (κ1) is 18.2. The van der Waals surface area contributed by atoms with Crippen molar-refractivity contribution in [1.29, 1.82) is 0 Å². The highest BCUT2D eigenvalue weighted by Gasteiger charge is 2.15. The van der Waals surface area contributed by atoms with Crippen LogP contribution in [0.15, 0.2) is 60.9 Å². The summed E-state index contributed by atoms with van der Waals surface area (Å²) >= 11 is 12.1. The van der Waals surface area contributed by atoms with Gasteiger partial charge in [-0.15, -0.1) is 0 Å². The van der Waals surface area contributed by atoms with Gasteiger partial charge in [-0.25, -0.2) is 9.97 Å². The van der Waals surface area contributed by atoms with Gasteiger partial charge in [0.2, 0.25) is 0 Å². The molecule has 26 heavy (non-hydrogen) atoms. The number of carbonyl (C=O) groups is 1. The summed E-state index contributed by atoms with van der Waals surface area (Å²) in [5.74, 6) is 0.261. The van der Waals surface area contributed by atoms with Gasteiger partial charge in [-0.3, -0.25) is 4.79 Å². The second-order valence-corrected chi connectivity index (χ2v) is 6.53. The number of hydrogen-bond acceptors (Lipinski definition) is 4. The summed E-state index contributed by atoms with van der Waals surface area (Å²) in [7, 11) is 1.73. The van der Waals surface area contributed by atoms with Gasteiger partial charge in [0.25, 0.3) is 5.91 Å². The molecule has 0 aliphatic heterocycles. The number of hydrogen-bond donors (Lipinski definition) is 1. The van der Waals surface area contributed by atoms with Crippen molar-refractivity contribution in [2.24, 2.45) is 0 Å². The molecule has 0 spiro atoms. The molecule has 7 heteroatoms. The molecule has 0 aliphatic carbocycles. The van der Waals surface area contributed by atoms with Crippen LogP contribution in [0.3, 0.4) is 0 Å². The molecule has 5 nitrogen and oxygen atoms in total. The minimum atomic E-state index is -0.198. The first-order valence-corrected chi connectivity index (χ1v) is 8.62. The standard InChI is InChI=1S/C19H16Cl2N4O/c1-25(11-13-5-3-2-4-6-13)19(26)17-10-18(23-12-22-17)24-16-9-14(20)7-8-15(16)21/h2-10,12H,11H2,1H3,(H,22,23,24). The Morgan fingerprint density at radius 2 is 1.85 bits per heavy atom. The fourth-order valence-corrected chi connectivity index (χ4v) is 2.74. The Morgan fingerprint density at radius 1 is 1.08 bits per heavy atom. The molecule has 2 aromatic carbocycles. The normalized spacial score (nSPS) is 10.4. The summed E-state index contributed by atoms with van der Waals surface area (Å²) in [6.07, 6.45) is 1.34. The van der Waals surface area contributed by atoms with Crippen LogP contribution in [0.4, 0.5) is 11.5 Å².